The van der Waals surface area contributed by atoms with E-state index in [2.05, 4.69) is 5.32 Å². The fraction of sp³-hybridized carbons (Fsp3) is 0.0952. The first-order valence-corrected chi connectivity index (χ1v) is 8.52. The zero-order valence-electron chi connectivity index (χ0n) is 14.9. The summed E-state index contributed by atoms with van der Waals surface area (Å²) < 4.78 is 1.96. The number of hydrogen-bond acceptors (Lipinski definition) is 3. The molecule has 0 radical (unpaired) electrons. The van der Waals surface area contributed by atoms with E-state index in [9.17, 15) is 14.9 Å². The molecule has 0 spiro atoms. The van der Waals surface area contributed by atoms with E-state index in [-0.39, 0.29) is 11.6 Å². The standard InChI is InChI=1S/C21H17N3O3/c1-13-10-15(11-19-18-8-3-4-9-20(18)22-21(19)25)14(2)23(13)16-6-5-7-17(12-16)24(26)27/h3-12H,1-2H3,(H,22,25)/b19-11+. The number of anilines is 1. The van der Waals surface area contributed by atoms with Crippen LogP contribution in [0.2, 0.25) is 0 Å². The highest BCUT2D eigenvalue weighted by Gasteiger charge is 2.24. The molecule has 4 rings (SSSR count). The topological polar surface area (TPSA) is 77.2 Å². The van der Waals surface area contributed by atoms with Crippen LogP contribution in [0.25, 0.3) is 17.3 Å². The number of non-ortho nitro benzene ring substituents is 1. The van der Waals surface area contributed by atoms with Crippen LogP contribution in [-0.2, 0) is 4.79 Å². The maximum absolute atomic E-state index is 12.4. The Hall–Kier alpha value is -3.67. The lowest BCUT2D eigenvalue weighted by atomic mass is 10.0. The molecule has 1 amide bonds. The second kappa shape index (κ2) is 6.25. The number of benzene rings is 2. The van der Waals surface area contributed by atoms with Gasteiger partial charge in [0.1, 0.15) is 0 Å². The largest absolute Gasteiger partial charge is 0.321 e. The van der Waals surface area contributed by atoms with Crippen LogP contribution in [0.15, 0.2) is 54.6 Å². The molecular weight excluding hydrogens is 342 g/mol. The molecule has 0 saturated heterocycles. The van der Waals surface area contributed by atoms with Gasteiger partial charge in [-0.15, -0.1) is 0 Å². The first-order chi connectivity index (χ1) is 13.0. The Morgan fingerprint density at radius 3 is 2.63 bits per heavy atom. The van der Waals surface area contributed by atoms with Gasteiger partial charge in [-0.25, -0.2) is 0 Å². The van der Waals surface area contributed by atoms with Crippen LogP contribution in [0.1, 0.15) is 22.5 Å². The Morgan fingerprint density at radius 2 is 1.85 bits per heavy atom. The van der Waals surface area contributed by atoms with Crippen molar-refractivity contribution in [2.75, 3.05) is 5.32 Å². The molecular formula is C21H17N3O3. The number of carbonyl (C=O) groups excluding carboxylic acids is 1. The molecule has 0 aliphatic carbocycles. The minimum absolute atomic E-state index is 0.0454. The molecule has 2 heterocycles. The monoisotopic (exact) mass is 359 g/mol. The fourth-order valence-electron chi connectivity index (χ4n) is 3.51. The van der Waals surface area contributed by atoms with E-state index < -0.39 is 4.92 Å². The van der Waals surface area contributed by atoms with Gasteiger partial charge < -0.3 is 9.88 Å². The third-order valence-corrected chi connectivity index (χ3v) is 4.78. The number of fused-ring (bicyclic) bond motifs is 1. The highest BCUT2D eigenvalue weighted by Crippen LogP contribution is 2.34. The normalized spacial score (nSPS) is 14.3. The van der Waals surface area contributed by atoms with E-state index >= 15 is 0 Å². The van der Waals surface area contributed by atoms with Crippen LogP contribution < -0.4 is 5.32 Å². The highest BCUT2D eigenvalue weighted by molar-refractivity contribution is 6.34. The van der Waals surface area contributed by atoms with Crippen molar-refractivity contribution in [1.29, 1.82) is 0 Å². The van der Waals surface area contributed by atoms with Crippen LogP contribution in [0.3, 0.4) is 0 Å². The smallest absolute Gasteiger partial charge is 0.271 e. The SMILES string of the molecule is Cc1cc(/C=C2/C(=O)Nc3ccccc32)c(C)n1-c1cccc([N+](=O)[O-])c1. The third kappa shape index (κ3) is 2.81. The first kappa shape index (κ1) is 16.8. The quantitative estimate of drug-likeness (QED) is 0.425. The summed E-state index contributed by atoms with van der Waals surface area (Å²) in [4.78, 5) is 23.0. The lowest BCUT2D eigenvalue weighted by molar-refractivity contribution is -0.384. The Balaban J connectivity index is 1.82. The maximum Gasteiger partial charge on any atom is 0.271 e. The van der Waals surface area contributed by atoms with Gasteiger partial charge in [0.2, 0.25) is 0 Å². The molecule has 6 nitrogen and oxygen atoms in total. The third-order valence-electron chi connectivity index (χ3n) is 4.78. The predicted octanol–water partition coefficient (Wildman–Crippen LogP) is 4.50. The molecule has 0 fully saturated rings. The van der Waals surface area contributed by atoms with Crippen molar-refractivity contribution in [3.63, 3.8) is 0 Å². The van der Waals surface area contributed by atoms with Crippen molar-refractivity contribution in [1.82, 2.24) is 4.57 Å². The van der Waals surface area contributed by atoms with Gasteiger partial charge in [0.15, 0.2) is 0 Å². The Kier molecular flexibility index (Phi) is 3.88. The number of amides is 1. The lowest BCUT2D eigenvalue weighted by Crippen LogP contribution is -2.03. The van der Waals surface area contributed by atoms with Gasteiger partial charge in [-0.1, -0.05) is 24.3 Å². The number of nitro groups is 1. The lowest BCUT2D eigenvalue weighted by Gasteiger charge is -2.09. The van der Waals surface area contributed by atoms with Gasteiger partial charge in [0, 0.05) is 40.3 Å². The molecule has 6 heteroatoms. The van der Waals surface area contributed by atoms with E-state index in [1.807, 2.05) is 60.9 Å². The minimum atomic E-state index is -0.402. The van der Waals surface area contributed by atoms with Gasteiger partial charge in [-0.2, -0.15) is 0 Å². The molecule has 1 aromatic heterocycles. The van der Waals surface area contributed by atoms with E-state index in [1.54, 1.807) is 12.1 Å². The zero-order valence-corrected chi connectivity index (χ0v) is 14.9. The highest BCUT2D eigenvalue weighted by atomic mass is 16.6. The van der Waals surface area contributed by atoms with Crippen LogP contribution >= 0.6 is 0 Å². The van der Waals surface area contributed by atoms with E-state index in [0.717, 1.165) is 33.9 Å². The molecule has 1 aliphatic rings. The molecule has 0 saturated carbocycles. The molecule has 1 aliphatic heterocycles. The fourth-order valence-corrected chi connectivity index (χ4v) is 3.51. The Bertz CT molecular complexity index is 1130. The summed E-state index contributed by atoms with van der Waals surface area (Å²) >= 11 is 0. The van der Waals surface area contributed by atoms with Crippen molar-refractivity contribution in [3.8, 4) is 5.69 Å². The summed E-state index contributed by atoms with van der Waals surface area (Å²) in [5.41, 5.74) is 5.82. The number of nitrogens with zero attached hydrogens (tertiary/aromatic N) is 2. The van der Waals surface area contributed by atoms with Crippen LogP contribution in [0.5, 0.6) is 0 Å². The zero-order chi connectivity index (χ0) is 19.1. The number of rotatable bonds is 3. The number of carbonyl (C=O) groups is 1. The molecule has 0 atom stereocenters. The van der Waals surface area contributed by atoms with Crippen molar-refractivity contribution < 1.29 is 9.72 Å². The summed E-state index contributed by atoms with van der Waals surface area (Å²) in [5, 5.41) is 14.0. The van der Waals surface area contributed by atoms with Crippen LogP contribution in [0.4, 0.5) is 11.4 Å². The van der Waals surface area contributed by atoms with Gasteiger partial charge in [0.05, 0.1) is 10.6 Å². The number of hydrogen-bond donors (Lipinski definition) is 1. The molecule has 134 valence electrons. The van der Waals surface area contributed by atoms with Gasteiger partial charge in [0.25, 0.3) is 11.6 Å². The molecule has 3 aromatic rings. The van der Waals surface area contributed by atoms with E-state index in [1.165, 1.54) is 6.07 Å². The molecule has 0 bridgehead atoms. The second-order valence-electron chi connectivity index (χ2n) is 6.50. The molecule has 0 unspecified atom stereocenters. The number of nitrogens with one attached hydrogen (secondary N) is 1. The van der Waals surface area contributed by atoms with Gasteiger partial charge in [-0.05, 0) is 43.7 Å². The average molecular weight is 359 g/mol. The minimum Gasteiger partial charge on any atom is -0.321 e. The van der Waals surface area contributed by atoms with Crippen LogP contribution in [-0.4, -0.2) is 15.4 Å². The molecule has 1 N–H and O–H groups in total. The summed E-state index contributed by atoms with van der Waals surface area (Å²) in [7, 11) is 0. The second-order valence-corrected chi connectivity index (χ2v) is 6.50. The van der Waals surface area contributed by atoms with Crippen molar-refractivity contribution in [2.45, 2.75) is 13.8 Å². The summed E-state index contributed by atoms with van der Waals surface area (Å²) in [6, 6.07) is 16.1. The van der Waals surface area contributed by atoms with Gasteiger partial charge in [-0.3, -0.25) is 14.9 Å². The van der Waals surface area contributed by atoms with Crippen molar-refractivity contribution in [3.05, 3.63) is 87.2 Å². The number of aromatic nitrogens is 1. The number of nitro benzene ring substituents is 1. The molecule has 27 heavy (non-hydrogen) atoms. The average Bonchev–Trinajstić information content (AvgIpc) is 3.11. The van der Waals surface area contributed by atoms with E-state index in [4.69, 9.17) is 0 Å². The summed E-state index contributed by atoms with van der Waals surface area (Å²) in [5.74, 6) is -0.128. The van der Waals surface area contributed by atoms with E-state index in [0.29, 0.717) is 5.57 Å². The summed E-state index contributed by atoms with van der Waals surface area (Å²) in [6.45, 7) is 3.88. The maximum atomic E-state index is 12.4. The summed E-state index contributed by atoms with van der Waals surface area (Å²) in [6.07, 6.45) is 1.87. The Morgan fingerprint density at radius 1 is 1.07 bits per heavy atom. The number of aryl methyl sites for hydroxylation is 1. The number of para-hydroxylation sites is 1. The van der Waals surface area contributed by atoms with Crippen molar-refractivity contribution >= 4 is 28.9 Å². The van der Waals surface area contributed by atoms with Crippen molar-refractivity contribution in [2.24, 2.45) is 0 Å². The Labute approximate surface area is 155 Å². The first-order valence-electron chi connectivity index (χ1n) is 8.52. The van der Waals surface area contributed by atoms with Crippen LogP contribution in [0, 0.1) is 24.0 Å². The predicted molar refractivity (Wildman–Crippen MR) is 105 cm³/mol. The van der Waals surface area contributed by atoms with Gasteiger partial charge >= 0.3 is 0 Å². The molecule has 2 aromatic carbocycles.